The molecular weight excluding hydrogens is 237 g/mol. The first-order valence-corrected chi connectivity index (χ1v) is 6.65. The lowest BCUT2D eigenvalue weighted by molar-refractivity contribution is 0.410. The number of hydrogen-bond donors (Lipinski definition) is 1. The van der Waals surface area contributed by atoms with Gasteiger partial charge in [0.1, 0.15) is 11.6 Å². The smallest absolute Gasteiger partial charge is 0.131 e. The van der Waals surface area contributed by atoms with Crippen LogP contribution in [0.4, 0.5) is 4.39 Å². The average molecular weight is 255 g/mol. The van der Waals surface area contributed by atoms with E-state index in [2.05, 4.69) is 11.9 Å². The Balaban J connectivity index is 2.29. The first-order chi connectivity index (χ1) is 8.27. The highest BCUT2D eigenvalue weighted by Crippen LogP contribution is 2.15. The van der Waals surface area contributed by atoms with Crippen molar-refractivity contribution in [3.63, 3.8) is 0 Å². The van der Waals surface area contributed by atoms with Gasteiger partial charge in [-0.25, -0.2) is 4.39 Å². The first kappa shape index (κ1) is 14.1. The molecule has 0 spiro atoms. The molecule has 94 valence electrons. The summed E-state index contributed by atoms with van der Waals surface area (Å²) in [6.07, 6.45) is 1.88. The van der Waals surface area contributed by atoms with E-state index in [0.717, 1.165) is 18.1 Å². The minimum atomic E-state index is -0.226. The van der Waals surface area contributed by atoms with E-state index in [1.807, 2.05) is 6.08 Å². The number of hydrogen-bond acceptors (Lipinski definition) is 3. The molecular formula is C13H18FNOS. The standard InChI is InChI=1S/C13H18FNOS/c1-3-7-17-8-6-15-10-11-4-5-12(16-2)9-13(11)14/h3-5,9,15H,1,6-8,10H2,2H3. The molecule has 17 heavy (non-hydrogen) atoms. The Kier molecular flexibility index (Phi) is 6.74. The number of nitrogens with one attached hydrogen (secondary N) is 1. The summed E-state index contributed by atoms with van der Waals surface area (Å²) < 4.78 is 18.5. The predicted octanol–water partition coefficient (Wildman–Crippen LogP) is 2.84. The van der Waals surface area contributed by atoms with Crippen LogP contribution >= 0.6 is 11.8 Å². The molecule has 0 heterocycles. The number of thioether (sulfide) groups is 1. The molecule has 0 unspecified atom stereocenters. The van der Waals surface area contributed by atoms with Gasteiger partial charge in [-0.2, -0.15) is 11.8 Å². The molecule has 0 saturated carbocycles. The maximum Gasteiger partial charge on any atom is 0.131 e. The molecule has 4 heteroatoms. The van der Waals surface area contributed by atoms with Crippen molar-refractivity contribution >= 4 is 11.8 Å². The van der Waals surface area contributed by atoms with Gasteiger partial charge in [-0.05, 0) is 6.07 Å². The van der Waals surface area contributed by atoms with Gasteiger partial charge in [0.05, 0.1) is 7.11 Å². The van der Waals surface area contributed by atoms with Crippen molar-refractivity contribution in [2.45, 2.75) is 6.54 Å². The van der Waals surface area contributed by atoms with E-state index in [1.54, 1.807) is 23.9 Å². The minimum absolute atomic E-state index is 0.226. The second kappa shape index (κ2) is 8.14. The Hall–Kier alpha value is -1.00. The third-order valence-corrected chi connectivity index (χ3v) is 3.20. The maximum atomic E-state index is 13.5. The lowest BCUT2D eigenvalue weighted by Gasteiger charge is -2.07. The van der Waals surface area contributed by atoms with E-state index in [0.29, 0.717) is 17.9 Å². The zero-order valence-corrected chi connectivity index (χ0v) is 10.9. The highest BCUT2D eigenvalue weighted by atomic mass is 32.2. The molecule has 1 rings (SSSR count). The molecule has 0 radical (unpaired) electrons. The van der Waals surface area contributed by atoms with E-state index in [4.69, 9.17) is 4.74 Å². The molecule has 0 aliphatic rings. The molecule has 0 atom stereocenters. The number of halogens is 1. The monoisotopic (exact) mass is 255 g/mol. The summed E-state index contributed by atoms with van der Waals surface area (Å²) in [4.78, 5) is 0. The van der Waals surface area contributed by atoms with Crippen molar-refractivity contribution in [3.05, 3.63) is 42.2 Å². The van der Waals surface area contributed by atoms with Gasteiger partial charge in [0, 0.05) is 36.2 Å². The Morgan fingerprint density at radius 3 is 3.00 bits per heavy atom. The topological polar surface area (TPSA) is 21.3 Å². The van der Waals surface area contributed by atoms with Crippen LogP contribution in [-0.2, 0) is 6.54 Å². The normalized spacial score (nSPS) is 10.2. The van der Waals surface area contributed by atoms with Gasteiger partial charge in [-0.1, -0.05) is 12.1 Å². The van der Waals surface area contributed by atoms with Crippen molar-refractivity contribution in [2.75, 3.05) is 25.2 Å². The third kappa shape index (κ3) is 5.24. The highest BCUT2D eigenvalue weighted by Gasteiger charge is 2.03. The molecule has 1 aromatic rings. The summed E-state index contributed by atoms with van der Waals surface area (Å²) in [6.45, 7) is 5.06. The van der Waals surface area contributed by atoms with E-state index >= 15 is 0 Å². The van der Waals surface area contributed by atoms with Crippen molar-refractivity contribution < 1.29 is 9.13 Å². The molecule has 0 amide bonds. The van der Waals surface area contributed by atoms with Gasteiger partial charge in [0.15, 0.2) is 0 Å². The van der Waals surface area contributed by atoms with Crippen LogP contribution in [-0.4, -0.2) is 25.2 Å². The zero-order valence-electron chi connectivity index (χ0n) is 10.0. The molecule has 0 fully saturated rings. The SMILES string of the molecule is C=CCSCCNCc1ccc(OC)cc1F. The van der Waals surface area contributed by atoms with Crippen LogP contribution in [0, 0.1) is 5.82 Å². The fourth-order valence-electron chi connectivity index (χ4n) is 1.33. The van der Waals surface area contributed by atoms with Crippen LogP contribution < -0.4 is 10.1 Å². The fourth-order valence-corrected chi connectivity index (χ4v) is 1.95. The van der Waals surface area contributed by atoms with E-state index in [1.165, 1.54) is 13.2 Å². The lowest BCUT2D eigenvalue weighted by Crippen LogP contribution is -2.17. The summed E-state index contributed by atoms with van der Waals surface area (Å²) in [7, 11) is 1.53. The van der Waals surface area contributed by atoms with Crippen molar-refractivity contribution in [1.82, 2.24) is 5.32 Å². The fraction of sp³-hybridized carbons (Fsp3) is 0.385. The summed E-state index contributed by atoms with van der Waals surface area (Å²) in [6, 6.07) is 4.92. The van der Waals surface area contributed by atoms with Crippen LogP contribution in [0.15, 0.2) is 30.9 Å². The summed E-state index contributed by atoms with van der Waals surface area (Å²) in [5.41, 5.74) is 0.666. The second-order valence-electron chi connectivity index (χ2n) is 3.50. The van der Waals surface area contributed by atoms with Crippen molar-refractivity contribution in [1.29, 1.82) is 0 Å². The lowest BCUT2D eigenvalue weighted by atomic mass is 10.2. The third-order valence-electron chi connectivity index (χ3n) is 2.23. The Morgan fingerprint density at radius 2 is 2.35 bits per heavy atom. The maximum absolute atomic E-state index is 13.5. The van der Waals surface area contributed by atoms with Crippen LogP contribution in [0.2, 0.25) is 0 Å². The quantitative estimate of drug-likeness (QED) is 0.570. The Morgan fingerprint density at radius 1 is 1.53 bits per heavy atom. The minimum Gasteiger partial charge on any atom is -0.497 e. The van der Waals surface area contributed by atoms with Gasteiger partial charge in [-0.3, -0.25) is 0 Å². The molecule has 0 aliphatic carbocycles. The molecule has 1 aromatic carbocycles. The van der Waals surface area contributed by atoms with E-state index in [-0.39, 0.29) is 5.82 Å². The van der Waals surface area contributed by atoms with Gasteiger partial charge >= 0.3 is 0 Å². The molecule has 0 aliphatic heterocycles. The first-order valence-electron chi connectivity index (χ1n) is 5.49. The molecule has 0 bridgehead atoms. The second-order valence-corrected chi connectivity index (χ2v) is 4.65. The molecule has 1 N–H and O–H groups in total. The van der Waals surface area contributed by atoms with Gasteiger partial charge in [0.2, 0.25) is 0 Å². The number of ether oxygens (including phenoxy) is 1. The predicted molar refractivity (Wildman–Crippen MR) is 72.2 cm³/mol. The van der Waals surface area contributed by atoms with Gasteiger partial charge in [-0.15, -0.1) is 6.58 Å². The number of methoxy groups -OCH3 is 1. The van der Waals surface area contributed by atoms with Crippen molar-refractivity contribution in [2.24, 2.45) is 0 Å². The molecule has 0 aromatic heterocycles. The summed E-state index contributed by atoms with van der Waals surface area (Å²) >= 11 is 1.80. The van der Waals surface area contributed by atoms with Gasteiger partial charge in [0.25, 0.3) is 0 Å². The van der Waals surface area contributed by atoms with E-state index in [9.17, 15) is 4.39 Å². The van der Waals surface area contributed by atoms with Crippen LogP contribution in [0.5, 0.6) is 5.75 Å². The molecule has 0 saturated heterocycles. The Labute approximate surface area is 106 Å². The van der Waals surface area contributed by atoms with Crippen LogP contribution in [0.3, 0.4) is 0 Å². The van der Waals surface area contributed by atoms with Crippen LogP contribution in [0.1, 0.15) is 5.56 Å². The summed E-state index contributed by atoms with van der Waals surface area (Å²) in [5.74, 6) is 2.28. The molecule has 2 nitrogen and oxygen atoms in total. The van der Waals surface area contributed by atoms with Gasteiger partial charge < -0.3 is 10.1 Å². The largest absolute Gasteiger partial charge is 0.497 e. The average Bonchev–Trinajstić information content (AvgIpc) is 2.35. The highest BCUT2D eigenvalue weighted by molar-refractivity contribution is 7.99. The number of rotatable bonds is 8. The zero-order chi connectivity index (χ0) is 12.5. The number of benzene rings is 1. The Bertz CT molecular complexity index is 357. The summed E-state index contributed by atoms with van der Waals surface area (Å²) in [5, 5.41) is 3.20. The van der Waals surface area contributed by atoms with Crippen molar-refractivity contribution in [3.8, 4) is 5.75 Å². The van der Waals surface area contributed by atoms with E-state index < -0.39 is 0 Å². The van der Waals surface area contributed by atoms with Crippen LogP contribution in [0.25, 0.3) is 0 Å².